The normalized spacial score (nSPS) is 11.3. The van der Waals surface area contributed by atoms with Crippen LogP contribution in [0.1, 0.15) is 0 Å². The number of hydrogen-bond acceptors (Lipinski definition) is 3. The Morgan fingerprint density at radius 2 is 1.54 bits per heavy atom. The molecule has 0 aliphatic heterocycles. The lowest BCUT2D eigenvalue weighted by atomic mass is 10.1. The van der Waals surface area contributed by atoms with Gasteiger partial charge in [-0.05, 0) is 24.3 Å². The number of hydrogen-bond donors (Lipinski definition) is 0. The number of nitrogens with zero attached hydrogens (tertiary/aromatic N) is 3. The molecule has 0 saturated heterocycles. The minimum Gasteiger partial charge on any atom is -0.455 e. The zero-order chi connectivity index (χ0) is 15.9. The number of rotatable bonds is 2. The van der Waals surface area contributed by atoms with Gasteiger partial charge in [0.15, 0.2) is 5.82 Å². The molecule has 4 heteroatoms. The average molecular weight is 311 g/mol. The molecule has 0 bridgehead atoms. The lowest BCUT2D eigenvalue weighted by Crippen LogP contribution is -1.96. The van der Waals surface area contributed by atoms with Gasteiger partial charge < -0.3 is 4.42 Å². The third kappa shape index (κ3) is 1.86. The second-order valence-corrected chi connectivity index (χ2v) is 5.64. The molecule has 0 amide bonds. The molecule has 4 nitrogen and oxygen atoms in total. The van der Waals surface area contributed by atoms with E-state index in [1.54, 1.807) is 6.33 Å². The lowest BCUT2D eigenvalue weighted by Gasteiger charge is -2.06. The van der Waals surface area contributed by atoms with Gasteiger partial charge in [-0.3, -0.25) is 4.57 Å². The van der Waals surface area contributed by atoms with E-state index in [-0.39, 0.29) is 0 Å². The molecule has 0 saturated carbocycles. The first-order valence-corrected chi connectivity index (χ1v) is 7.78. The highest BCUT2D eigenvalue weighted by molar-refractivity contribution is 6.09. The van der Waals surface area contributed by atoms with E-state index in [1.807, 2.05) is 65.2 Å². The number of benzene rings is 3. The van der Waals surface area contributed by atoms with E-state index in [0.29, 0.717) is 0 Å². The van der Waals surface area contributed by atoms with Gasteiger partial charge in [-0.1, -0.05) is 48.5 Å². The molecule has 0 fully saturated rings. The minimum absolute atomic E-state index is 0.769. The summed E-state index contributed by atoms with van der Waals surface area (Å²) < 4.78 is 8.09. The quantitative estimate of drug-likeness (QED) is 0.469. The highest BCUT2D eigenvalue weighted by Gasteiger charge is 2.16. The number of para-hydroxylation sites is 3. The Labute approximate surface area is 138 Å². The number of aromatic nitrogens is 3. The van der Waals surface area contributed by atoms with Crippen molar-refractivity contribution in [3.8, 4) is 17.1 Å². The molecule has 0 unspecified atom stereocenters. The maximum Gasteiger partial charge on any atom is 0.172 e. The molecule has 0 aliphatic rings. The fourth-order valence-electron chi connectivity index (χ4n) is 3.12. The smallest absolute Gasteiger partial charge is 0.172 e. The van der Waals surface area contributed by atoms with E-state index in [1.165, 1.54) is 0 Å². The van der Waals surface area contributed by atoms with Gasteiger partial charge in [-0.15, -0.1) is 10.2 Å². The van der Waals surface area contributed by atoms with Crippen molar-refractivity contribution in [1.29, 1.82) is 0 Å². The van der Waals surface area contributed by atoms with Crippen LogP contribution >= 0.6 is 0 Å². The van der Waals surface area contributed by atoms with Crippen LogP contribution in [0.15, 0.2) is 83.5 Å². The molecule has 5 aromatic rings. The summed E-state index contributed by atoms with van der Waals surface area (Å²) in [6.45, 7) is 0. The third-order valence-corrected chi connectivity index (χ3v) is 4.23. The van der Waals surface area contributed by atoms with Crippen molar-refractivity contribution < 1.29 is 4.42 Å². The van der Waals surface area contributed by atoms with Crippen molar-refractivity contribution in [3.05, 3.63) is 79.1 Å². The van der Waals surface area contributed by atoms with E-state index >= 15 is 0 Å². The first-order chi connectivity index (χ1) is 11.9. The highest BCUT2D eigenvalue weighted by atomic mass is 16.3. The zero-order valence-corrected chi connectivity index (χ0v) is 12.8. The molecule has 2 aromatic heterocycles. The largest absolute Gasteiger partial charge is 0.455 e. The van der Waals surface area contributed by atoms with Crippen LogP contribution < -0.4 is 0 Å². The van der Waals surface area contributed by atoms with Crippen molar-refractivity contribution in [3.63, 3.8) is 0 Å². The van der Waals surface area contributed by atoms with Gasteiger partial charge in [-0.25, -0.2) is 0 Å². The molecular weight excluding hydrogens is 298 g/mol. The zero-order valence-electron chi connectivity index (χ0n) is 12.8. The van der Waals surface area contributed by atoms with Gasteiger partial charge in [0.05, 0.1) is 5.56 Å². The summed E-state index contributed by atoms with van der Waals surface area (Å²) in [6, 6.07) is 24.3. The van der Waals surface area contributed by atoms with Gasteiger partial charge in [0.25, 0.3) is 0 Å². The Hall–Kier alpha value is -3.40. The van der Waals surface area contributed by atoms with Crippen LogP contribution in [0.5, 0.6) is 0 Å². The lowest BCUT2D eigenvalue weighted by molar-refractivity contribution is 0.669. The predicted octanol–water partition coefficient (Wildman–Crippen LogP) is 4.83. The first kappa shape index (κ1) is 13.1. The van der Waals surface area contributed by atoms with Crippen LogP contribution in [0.25, 0.3) is 39.0 Å². The third-order valence-electron chi connectivity index (χ3n) is 4.23. The van der Waals surface area contributed by atoms with Gasteiger partial charge in [0.2, 0.25) is 0 Å². The average Bonchev–Trinajstić information content (AvgIpc) is 3.27. The molecule has 24 heavy (non-hydrogen) atoms. The highest BCUT2D eigenvalue weighted by Crippen LogP contribution is 2.35. The van der Waals surface area contributed by atoms with Crippen molar-refractivity contribution in [2.45, 2.75) is 0 Å². The van der Waals surface area contributed by atoms with E-state index < -0.39 is 0 Å². The standard InChI is InChI=1S/C20H13N3O/c1-2-7-14(8-3-1)23-13-21-22-20(23)17-11-6-10-16-15-9-4-5-12-18(15)24-19(16)17/h1-13H. The molecular formula is C20H13N3O. The molecule has 114 valence electrons. The molecule has 0 atom stereocenters. The molecule has 5 rings (SSSR count). The minimum atomic E-state index is 0.769. The van der Waals surface area contributed by atoms with E-state index in [0.717, 1.165) is 39.0 Å². The summed E-state index contributed by atoms with van der Waals surface area (Å²) in [4.78, 5) is 0. The Morgan fingerprint density at radius 1 is 0.750 bits per heavy atom. The summed E-state index contributed by atoms with van der Waals surface area (Å²) in [5.74, 6) is 0.769. The molecule has 2 heterocycles. The molecule has 0 radical (unpaired) electrons. The molecule has 3 aromatic carbocycles. The Kier molecular flexibility index (Phi) is 2.76. The topological polar surface area (TPSA) is 43.9 Å². The summed E-state index contributed by atoms with van der Waals surface area (Å²) in [6.07, 6.45) is 1.73. The molecule has 0 N–H and O–H groups in total. The predicted molar refractivity (Wildman–Crippen MR) is 94.1 cm³/mol. The second kappa shape index (κ2) is 5.06. The van der Waals surface area contributed by atoms with E-state index in [4.69, 9.17) is 4.42 Å². The van der Waals surface area contributed by atoms with E-state index in [9.17, 15) is 0 Å². The fraction of sp³-hybridized carbons (Fsp3) is 0. The number of furan rings is 1. The summed E-state index contributed by atoms with van der Waals surface area (Å²) in [5.41, 5.74) is 3.67. The van der Waals surface area contributed by atoms with Crippen LogP contribution in [0.3, 0.4) is 0 Å². The summed E-state index contributed by atoms with van der Waals surface area (Å²) in [7, 11) is 0. The Morgan fingerprint density at radius 3 is 2.46 bits per heavy atom. The second-order valence-electron chi connectivity index (χ2n) is 5.64. The van der Waals surface area contributed by atoms with Gasteiger partial charge in [-0.2, -0.15) is 0 Å². The van der Waals surface area contributed by atoms with Crippen LogP contribution in [-0.4, -0.2) is 14.8 Å². The Bertz CT molecular complexity index is 1160. The fourth-order valence-corrected chi connectivity index (χ4v) is 3.12. The van der Waals surface area contributed by atoms with Crippen molar-refractivity contribution >= 4 is 21.9 Å². The van der Waals surface area contributed by atoms with Crippen molar-refractivity contribution in [1.82, 2.24) is 14.8 Å². The van der Waals surface area contributed by atoms with Gasteiger partial charge in [0, 0.05) is 16.5 Å². The van der Waals surface area contributed by atoms with Crippen molar-refractivity contribution in [2.24, 2.45) is 0 Å². The van der Waals surface area contributed by atoms with Crippen LogP contribution in [0.4, 0.5) is 0 Å². The maximum atomic E-state index is 6.12. The summed E-state index contributed by atoms with van der Waals surface area (Å²) >= 11 is 0. The monoisotopic (exact) mass is 311 g/mol. The summed E-state index contributed by atoms with van der Waals surface area (Å²) in [5, 5.41) is 10.6. The number of fused-ring (bicyclic) bond motifs is 3. The first-order valence-electron chi connectivity index (χ1n) is 7.78. The SMILES string of the molecule is c1ccc(-n2cnnc2-c2cccc3c2oc2ccccc23)cc1. The van der Waals surface area contributed by atoms with E-state index in [2.05, 4.69) is 22.3 Å². The molecule has 0 aliphatic carbocycles. The van der Waals surface area contributed by atoms with Crippen LogP contribution in [-0.2, 0) is 0 Å². The Balaban J connectivity index is 1.81. The molecule has 0 spiro atoms. The van der Waals surface area contributed by atoms with Crippen LogP contribution in [0, 0.1) is 0 Å². The maximum absolute atomic E-state index is 6.12. The van der Waals surface area contributed by atoms with Gasteiger partial charge >= 0.3 is 0 Å². The van der Waals surface area contributed by atoms with Crippen LogP contribution in [0.2, 0.25) is 0 Å². The van der Waals surface area contributed by atoms with Gasteiger partial charge in [0.1, 0.15) is 17.5 Å². The van der Waals surface area contributed by atoms with Crippen molar-refractivity contribution in [2.75, 3.05) is 0 Å².